The number of unbranched alkanes of at least 4 members (excludes halogenated alkanes) is 1. The van der Waals surface area contributed by atoms with Crippen molar-refractivity contribution >= 4 is 76.2 Å². The highest BCUT2D eigenvalue weighted by Crippen LogP contribution is 2.32. The van der Waals surface area contributed by atoms with E-state index in [0.29, 0.717) is 49.7 Å². The molecule has 0 saturated heterocycles. The SMILES string of the molecule is CCOCC(=O)NCCCC[C@H](NC(=O)CCCN1C(=O)C=CC1=O)C(=O)Nc1ccc(C[N+](C)(C)C(C)(C)C(=O)N[C@H](C(=O)N(C)C(C[C@@H](OC(C)=O)c2nc(C(=O)N[C@@H](Cc3ccc(O)cc3)CC(C)C(=O)O)cs2)C(C)C)[C@@H](C)CC)cc1. The third-order valence-electron chi connectivity index (χ3n) is 15.9. The Morgan fingerprint density at radius 1 is 0.837 bits per heavy atom. The van der Waals surface area contributed by atoms with Gasteiger partial charge in [-0.15, -0.1) is 11.3 Å². The molecule has 2 aromatic carbocycles. The molecule has 0 saturated carbocycles. The smallest absolute Gasteiger partial charge is 0.306 e. The summed E-state index contributed by atoms with van der Waals surface area (Å²) in [5.41, 5.74) is 0.983. The second-order valence-corrected chi connectivity index (χ2v) is 24.4. The number of aliphatic carboxylic acids is 1. The standard InChI is InChI=1S/C62H89N9O14S/c1-13-39(5)55(59(80)69(10)49(38(3)4)34-50(85-41(7)72)58-67-48(37-86-58)57(79)65-45(32-40(6)60(81)82)33-42-22-26-46(73)27-23-42)68-61(83)62(8,9)71(11,12)35-43-20-24-44(25-21-43)64-56(78)47(18-15-16-30-63-52(75)36-84-14-2)66-51(74)19-17-31-70-53(76)28-29-54(70)77/h20-29,37-40,45,47,49-50,55H,13-19,30-36H2,1-12H3,(H6-,63,64,65,66,68,73,74,75,78,79,81,82,83)/p+1/t39-,40?,45+,47-,49?,50+,55-/m0/s1. The monoisotopic (exact) mass is 1220 g/mol. The molecule has 1 aliphatic heterocycles. The van der Waals surface area contributed by atoms with E-state index in [1.165, 1.54) is 36.6 Å². The molecule has 24 heteroatoms. The number of nitrogens with one attached hydrogen (secondary N) is 5. The lowest BCUT2D eigenvalue weighted by Crippen LogP contribution is -2.66. The molecule has 7 atom stereocenters. The van der Waals surface area contributed by atoms with Crippen LogP contribution in [-0.2, 0) is 65.6 Å². The number of benzene rings is 2. The van der Waals surface area contributed by atoms with E-state index in [4.69, 9.17) is 9.47 Å². The molecule has 1 aromatic heterocycles. The van der Waals surface area contributed by atoms with Crippen LogP contribution >= 0.6 is 11.3 Å². The summed E-state index contributed by atoms with van der Waals surface area (Å²) in [5.74, 6) is -6.16. The van der Waals surface area contributed by atoms with Crippen LogP contribution < -0.4 is 26.6 Å². The number of quaternary nitrogens is 1. The summed E-state index contributed by atoms with van der Waals surface area (Å²) in [4.78, 5) is 138. The zero-order chi connectivity index (χ0) is 64.1. The number of carbonyl (C=O) groups excluding carboxylic acids is 9. The lowest BCUT2D eigenvalue weighted by Gasteiger charge is -2.44. The molecular weight excluding hydrogens is 1130 g/mol. The Kier molecular flexibility index (Phi) is 27.5. The predicted octanol–water partition coefficient (Wildman–Crippen LogP) is 5.82. The largest absolute Gasteiger partial charge is 0.508 e. The summed E-state index contributed by atoms with van der Waals surface area (Å²) in [6.07, 6.45) is 3.87. The number of carboxylic acids is 1. The fourth-order valence-corrected chi connectivity index (χ4v) is 10.5. The molecule has 0 fully saturated rings. The molecule has 23 nitrogen and oxygen atoms in total. The van der Waals surface area contributed by atoms with Crippen molar-refractivity contribution < 1.29 is 72.1 Å². The zero-order valence-electron chi connectivity index (χ0n) is 51.9. The number of carboxylic acid groups (broad SMARTS) is 1. The van der Waals surface area contributed by atoms with Gasteiger partial charge in [0, 0.05) is 87.4 Å². The molecule has 7 N–H and O–H groups in total. The first kappa shape index (κ1) is 70.9. The fourth-order valence-electron chi connectivity index (χ4n) is 9.70. The van der Waals surface area contributed by atoms with Crippen molar-refractivity contribution in [3.05, 3.63) is 87.9 Å². The average molecular weight is 1220 g/mol. The van der Waals surface area contributed by atoms with Gasteiger partial charge in [-0.25, -0.2) is 4.98 Å². The molecule has 0 aliphatic carbocycles. The Bertz CT molecular complexity index is 2840. The van der Waals surface area contributed by atoms with Crippen molar-refractivity contribution in [2.45, 2.75) is 162 Å². The van der Waals surface area contributed by atoms with E-state index in [1.807, 2.05) is 53.9 Å². The van der Waals surface area contributed by atoms with Gasteiger partial charge in [0.05, 0.1) is 20.0 Å². The number of hydrogen-bond acceptors (Lipinski definition) is 15. The van der Waals surface area contributed by atoms with Crippen LogP contribution in [0.15, 0.2) is 66.1 Å². The number of likely N-dealkylation sites (N-methyl/N-ethyl adjacent to an activating group) is 2. The minimum Gasteiger partial charge on any atom is -0.508 e. The molecule has 2 heterocycles. The highest BCUT2D eigenvalue weighted by atomic mass is 32.1. The molecule has 1 aliphatic rings. The van der Waals surface area contributed by atoms with Gasteiger partial charge in [-0.05, 0) is 101 Å². The summed E-state index contributed by atoms with van der Waals surface area (Å²) in [5, 5.41) is 35.8. The zero-order valence-corrected chi connectivity index (χ0v) is 52.7. The fraction of sp³-hybridized carbons (Fsp3) is 0.565. The van der Waals surface area contributed by atoms with E-state index in [1.54, 1.807) is 63.9 Å². The summed E-state index contributed by atoms with van der Waals surface area (Å²) < 4.78 is 11.1. The van der Waals surface area contributed by atoms with E-state index in [9.17, 15) is 58.2 Å². The van der Waals surface area contributed by atoms with E-state index in [0.717, 1.165) is 27.4 Å². The number of hydrogen-bond donors (Lipinski definition) is 7. The lowest BCUT2D eigenvalue weighted by atomic mass is 9.91. The van der Waals surface area contributed by atoms with Crippen LogP contribution in [0.25, 0.3) is 0 Å². The van der Waals surface area contributed by atoms with Crippen molar-refractivity contribution in [3.63, 3.8) is 0 Å². The summed E-state index contributed by atoms with van der Waals surface area (Å²) >= 11 is 1.11. The first-order chi connectivity index (χ1) is 40.5. The first-order valence-corrected chi connectivity index (χ1v) is 30.3. The van der Waals surface area contributed by atoms with Crippen molar-refractivity contribution in [3.8, 4) is 5.75 Å². The number of anilines is 1. The van der Waals surface area contributed by atoms with Crippen LogP contribution in [0.1, 0.15) is 146 Å². The Morgan fingerprint density at radius 3 is 2.07 bits per heavy atom. The molecule has 86 heavy (non-hydrogen) atoms. The molecule has 472 valence electrons. The number of imide groups is 1. The maximum atomic E-state index is 14.8. The van der Waals surface area contributed by atoms with Gasteiger partial charge < -0.3 is 55.7 Å². The number of aromatic hydroxyl groups is 1. The first-order valence-electron chi connectivity index (χ1n) is 29.4. The van der Waals surface area contributed by atoms with Crippen molar-refractivity contribution in [2.24, 2.45) is 17.8 Å². The van der Waals surface area contributed by atoms with E-state index in [-0.39, 0.29) is 97.2 Å². The third kappa shape index (κ3) is 21.4. The third-order valence-corrected chi connectivity index (χ3v) is 16.8. The van der Waals surface area contributed by atoms with Gasteiger partial charge in [0.25, 0.3) is 23.6 Å². The maximum absolute atomic E-state index is 14.8. The summed E-state index contributed by atoms with van der Waals surface area (Å²) in [7, 11) is 5.47. The van der Waals surface area contributed by atoms with Gasteiger partial charge in [0.15, 0.2) is 11.6 Å². The van der Waals surface area contributed by atoms with Gasteiger partial charge in [-0.2, -0.15) is 0 Å². The summed E-state index contributed by atoms with van der Waals surface area (Å²) in [6.45, 7) is 17.0. The molecule has 8 amide bonds. The normalized spacial score (nSPS) is 15.0. The van der Waals surface area contributed by atoms with Crippen molar-refractivity contribution in [2.75, 3.05) is 52.8 Å². The molecule has 0 radical (unpaired) electrons. The average Bonchev–Trinajstić information content (AvgIpc) is 1.58. The van der Waals surface area contributed by atoms with Gasteiger partial charge in [0.1, 0.15) is 41.7 Å². The number of aromatic nitrogens is 1. The minimum atomic E-state index is -1.11. The van der Waals surface area contributed by atoms with Gasteiger partial charge in [-0.1, -0.05) is 65.3 Å². The quantitative estimate of drug-likeness (QED) is 0.0156. The Morgan fingerprint density at radius 2 is 1.48 bits per heavy atom. The van der Waals surface area contributed by atoms with Gasteiger partial charge in [0.2, 0.25) is 23.6 Å². The van der Waals surface area contributed by atoms with Crippen LogP contribution in [0.3, 0.4) is 0 Å². The highest BCUT2D eigenvalue weighted by Gasteiger charge is 2.46. The number of thiazole rings is 1. The molecule has 4 rings (SSSR count). The predicted molar refractivity (Wildman–Crippen MR) is 324 cm³/mol. The van der Waals surface area contributed by atoms with Gasteiger partial charge in [-0.3, -0.25) is 52.8 Å². The van der Waals surface area contributed by atoms with Crippen LogP contribution in [-0.4, -0.2) is 166 Å². The molecule has 0 bridgehead atoms. The van der Waals surface area contributed by atoms with Crippen LogP contribution in [0, 0.1) is 17.8 Å². The van der Waals surface area contributed by atoms with E-state index >= 15 is 0 Å². The second kappa shape index (κ2) is 33.4. The van der Waals surface area contributed by atoms with Crippen molar-refractivity contribution in [1.29, 1.82) is 0 Å². The number of esters is 1. The number of ether oxygens (including phenoxy) is 2. The topological polar surface area (TPSA) is 309 Å². The molecule has 2 unspecified atom stereocenters. The van der Waals surface area contributed by atoms with E-state index in [2.05, 4.69) is 31.6 Å². The number of rotatable bonds is 36. The van der Waals surface area contributed by atoms with Crippen LogP contribution in [0.4, 0.5) is 5.69 Å². The number of phenols is 1. The maximum Gasteiger partial charge on any atom is 0.306 e. The number of amides is 8. The molecule has 0 spiro atoms. The Balaban J connectivity index is 1.44. The lowest BCUT2D eigenvalue weighted by molar-refractivity contribution is -0.940. The van der Waals surface area contributed by atoms with Gasteiger partial charge >= 0.3 is 11.9 Å². The highest BCUT2D eigenvalue weighted by molar-refractivity contribution is 7.09. The number of phenolic OH excluding ortho intramolecular Hbond substituents is 1. The van der Waals surface area contributed by atoms with Crippen LogP contribution in [0.2, 0.25) is 0 Å². The number of nitrogens with zero attached hydrogens (tertiary/aromatic N) is 4. The molecule has 3 aromatic rings. The van der Waals surface area contributed by atoms with E-state index < -0.39 is 83.2 Å². The van der Waals surface area contributed by atoms with Crippen LogP contribution in [0.5, 0.6) is 5.75 Å². The minimum absolute atomic E-state index is 0.0350. The summed E-state index contributed by atoms with van der Waals surface area (Å²) in [6, 6.07) is 10.5. The second-order valence-electron chi connectivity index (χ2n) is 23.5. The Hall–Kier alpha value is -7.57. The Labute approximate surface area is 509 Å². The van der Waals surface area contributed by atoms with Crippen molar-refractivity contribution in [1.82, 2.24) is 36.1 Å². The molecular formula is C62H90N9O14S+. The number of carbonyl (C=O) groups is 10.